The fraction of sp³-hybridized carbons (Fsp3) is 0.600. The lowest BCUT2D eigenvalue weighted by atomic mass is 9.90. The van der Waals surface area contributed by atoms with Crippen LogP contribution in [0.3, 0.4) is 0 Å². The molecular formula is C15H21ClO. The normalized spacial score (nSPS) is 25.8. The van der Waals surface area contributed by atoms with Gasteiger partial charge in [0.2, 0.25) is 0 Å². The number of benzene rings is 1. The summed E-state index contributed by atoms with van der Waals surface area (Å²) in [5.74, 6) is 2.32. The maximum absolute atomic E-state index is 6.60. The van der Waals surface area contributed by atoms with E-state index in [4.69, 9.17) is 16.3 Å². The van der Waals surface area contributed by atoms with Crippen molar-refractivity contribution in [2.45, 2.75) is 38.5 Å². The van der Waals surface area contributed by atoms with Gasteiger partial charge in [-0.15, -0.1) is 11.6 Å². The second-order valence-electron chi connectivity index (χ2n) is 4.98. The van der Waals surface area contributed by atoms with Crippen molar-refractivity contribution in [1.82, 2.24) is 0 Å². The standard InChI is InChI=1S/C15H21ClO/c1-3-17-13-9-7-12(8-10-13)15(16)14-6-4-5-11(14)2/h7-11,14-15H,3-6H2,1-2H3. The van der Waals surface area contributed by atoms with Crippen molar-refractivity contribution in [2.75, 3.05) is 6.61 Å². The molecule has 1 aromatic rings. The van der Waals surface area contributed by atoms with E-state index in [-0.39, 0.29) is 5.38 Å². The molecule has 1 nitrogen and oxygen atoms in total. The molecule has 0 radical (unpaired) electrons. The second-order valence-corrected chi connectivity index (χ2v) is 5.45. The molecule has 17 heavy (non-hydrogen) atoms. The molecule has 0 N–H and O–H groups in total. The molecule has 2 heteroatoms. The summed E-state index contributed by atoms with van der Waals surface area (Å²) < 4.78 is 5.44. The van der Waals surface area contributed by atoms with Crippen LogP contribution in [0.5, 0.6) is 5.75 Å². The Morgan fingerprint density at radius 1 is 1.29 bits per heavy atom. The van der Waals surface area contributed by atoms with Gasteiger partial charge in [0.15, 0.2) is 0 Å². The Morgan fingerprint density at radius 3 is 2.53 bits per heavy atom. The zero-order valence-corrected chi connectivity index (χ0v) is 11.4. The Balaban J connectivity index is 2.05. The SMILES string of the molecule is CCOc1ccc(C(Cl)C2CCCC2C)cc1. The highest BCUT2D eigenvalue weighted by Gasteiger charge is 2.30. The lowest BCUT2D eigenvalue weighted by Crippen LogP contribution is -2.10. The first-order valence-electron chi connectivity index (χ1n) is 6.59. The van der Waals surface area contributed by atoms with Crippen molar-refractivity contribution in [2.24, 2.45) is 11.8 Å². The monoisotopic (exact) mass is 252 g/mol. The van der Waals surface area contributed by atoms with Gasteiger partial charge < -0.3 is 4.74 Å². The first kappa shape index (κ1) is 12.8. The highest BCUT2D eigenvalue weighted by molar-refractivity contribution is 6.21. The van der Waals surface area contributed by atoms with Gasteiger partial charge >= 0.3 is 0 Å². The van der Waals surface area contributed by atoms with E-state index in [0.29, 0.717) is 12.5 Å². The van der Waals surface area contributed by atoms with E-state index >= 15 is 0 Å². The first-order chi connectivity index (χ1) is 8.22. The molecule has 1 aliphatic carbocycles. The zero-order chi connectivity index (χ0) is 12.3. The predicted octanol–water partition coefficient (Wildman–Crippen LogP) is 4.80. The van der Waals surface area contributed by atoms with Gasteiger partial charge in [-0.05, 0) is 42.9 Å². The molecule has 1 aliphatic rings. The molecule has 0 bridgehead atoms. The lowest BCUT2D eigenvalue weighted by molar-refractivity contribution is 0.340. The summed E-state index contributed by atoms with van der Waals surface area (Å²) in [5, 5.41) is 0.156. The van der Waals surface area contributed by atoms with E-state index in [9.17, 15) is 0 Å². The highest BCUT2D eigenvalue weighted by Crippen LogP contribution is 2.43. The van der Waals surface area contributed by atoms with Crippen LogP contribution < -0.4 is 4.74 Å². The molecule has 0 amide bonds. The van der Waals surface area contributed by atoms with Crippen molar-refractivity contribution in [3.8, 4) is 5.75 Å². The average molecular weight is 253 g/mol. The van der Waals surface area contributed by atoms with Crippen LogP contribution in [0.4, 0.5) is 0 Å². The number of ether oxygens (including phenoxy) is 1. The third-order valence-electron chi connectivity index (χ3n) is 3.81. The van der Waals surface area contributed by atoms with Gasteiger partial charge in [-0.1, -0.05) is 31.9 Å². The fourth-order valence-corrected chi connectivity index (χ4v) is 3.29. The fourth-order valence-electron chi connectivity index (χ4n) is 2.77. The van der Waals surface area contributed by atoms with Crippen molar-refractivity contribution >= 4 is 11.6 Å². The van der Waals surface area contributed by atoms with Gasteiger partial charge in [0, 0.05) is 0 Å². The third kappa shape index (κ3) is 2.95. The minimum Gasteiger partial charge on any atom is -0.494 e. The Labute approximate surface area is 109 Å². The Bertz CT molecular complexity index is 346. The Kier molecular flexibility index (Phi) is 4.33. The minimum atomic E-state index is 0.156. The molecule has 1 saturated carbocycles. The summed E-state index contributed by atoms with van der Waals surface area (Å²) in [5.41, 5.74) is 1.23. The topological polar surface area (TPSA) is 9.23 Å². The first-order valence-corrected chi connectivity index (χ1v) is 7.03. The molecule has 1 aromatic carbocycles. The number of rotatable bonds is 4. The molecule has 94 valence electrons. The lowest BCUT2D eigenvalue weighted by Gasteiger charge is -2.22. The van der Waals surface area contributed by atoms with E-state index in [2.05, 4.69) is 19.1 Å². The summed E-state index contributed by atoms with van der Waals surface area (Å²) in [7, 11) is 0. The molecule has 1 fully saturated rings. The average Bonchev–Trinajstić information content (AvgIpc) is 2.76. The number of alkyl halides is 1. The van der Waals surface area contributed by atoms with Gasteiger partial charge in [0.05, 0.1) is 12.0 Å². The quantitative estimate of drug-likeness (QED) is 0.700. The smallest absolute Gasteiger partial charge is 0.119 e. The molecule has 3 atom stereocenters. The van der Waals surface area contributed by atoms with Gasteiger partial charge in [0.25, 0.3) is 0 Å². The Morgan fingerprint density at radius 2 is 2.00 bits per heavy atom. The van der Waals surface area contributed by atoms with Gasteiger partial charge in [-0.3, -0.25) is 0 Å². The van der Waals surface area contributed by atoms with Crippen LogP contribution in [0.2, 0.25) is 0 Å². The van der Waals surface area contributed by atoms with Crippen LogP contribution in [-0.4, -0.2) is 6.61 Å². The molecule has 3 unspecified atom stereocenters. The maximum atomic E-state index is 6.60. The molecule has 2 rings (SSSR count). The van der Waals surface area contributed by atoms with Crippen molar-refractivity contribution < 1.29 is 4.74 Å². The van der Waals surface area contributed by atoms with Crippen LogP contribution in [0, 0.1) is 11.8 Å². The van der Waals surface area contributed by atoms with Crippen LogP contribution in [0.15, 0.2) is 24.3 Å². The molecular weight excluding hydrogens is 232 g/mol. The van der Waals surface area contributed by atoms with Crippen molar-refractivity contribution in [3.05, 3.63) is 29.8 Å². The summed E-state index contributed by atoms with van der Waals surface area (Å²) >= 11 is 6.60. The summed E-state index contributed by atoms with van der Waals surface area (Å²) in [6.45, 7) is 5.03. The van der Waals surface area contributed by atoms with Crippen LogP contribution in [0.1, 0.15) is 44.1 Å². The number of hydrogen-bond acceptors (Lipinski definition) is 1. The van der Waals surface area contributed by atoms with Gasteiger partial charge in [0.1, 0.15) is 5.75 Å². The largest absolute Gasteiger partial charge is 0.494 e. The van der Waals surface area contributed by atoms with Gasteiger partial charge in [-0.2, -0.15) is 0 Å². The minimum absolute atomic E-state index is 0.156. The van der Waals surface area contributed by atoms with E-state index in [1.165, 1.54) is 24.8 Å². The van der Waals surface area contributed by atoms with Crippen LogP contribution >= 0.6 is 11.6 Å². The molecule has 0 spiro atoms. The Hall–Kier alpha value is -0.690. The number of halogens is 1. The number of hydrogen-bond donors (Lipinski definition) is 0. The summed E-state index contributed by atoms with van der Waals surface area (Å²) in [6, 6.07) is 8.25. The second kappa shape index (κ2) is 5.77. The van der Waals surface area contributed by atoms with E-state index < -0.39 is 0 Å². The summed E-state index contributed by atoms with van der Waals surface area (Å²) in [6.07, 6.45) is 3.92. The molecule has 0 aromatic heterocycles. The molecule has 0 saturated heterocycles. The van der Waals surface area contributed by atoms with E-state index in [0.717, 1.165) is 11.7 Å². The van der Waals surface area contributed by atoms with E-state index in [1.807, 2.05) is 19.1 Å². The van der Waals surface area contributed by atoms with E-state index in [1.54, 1.807) is 0 Å². The molecule has 0 heterocycles. The van der Waals surface area contributed by atoms with Crippen LogP contribution in [0.25, 0.3) is 0 Å². The van der Waals surface area contributed by atoms with Crippen molar-refractivity contribution in [3.63, 3.8) is 0 Å². The third-order valence-corrected chi connectivity index (χ3v) is 4.39. The van der Waals surface area contributed by atoms with Gasteiger partial charge in [-0.25, -0.2) is 0 Å². The predicted molar refractivity (Wildman–Crippen MR) is 72.7 cm³/mol. The van der Waals surface area contributed by atoms with Crippen LogP contribution in [-0.2, 0) is 0 Å². The molecule has 0 aliphatic heterocycles. The maximum Gasteiger partial charge on any atom is 0.119 e. The summed E-state index contributed by atoms with van der Waals surface area (Å²) in [4.78, 5) is 0. The van der Waals surface area contributed by atoms with Crippen molar-refractivity contribution in [1.29, 1.82) is 0 Å². The zero-order valence-electron chi connectivity index (χ0n) is 10.7. The highest BCUT2D eigenvalue weighted by atomic mass is 35.5.